The second-order valence-electron chi connectivity index (χ2n) is 5.42. The minimum Gasteiger partial charge on any atom is -0.426 e. The van der Waals surface area contributed by atoms with E-state index in [1.807, 2.05) is 30.3 Å². The minimum atomic E-state index is -0.465. The van der Waals surface area contributed by atoms with Crippen LogP contribution in [0, 0.1) is 0 Å². The molecule has 0 spiro atoms. The van der Waals surface area contributed by atoms with Gasteiger partial charge in [0.05, 0.1) is 12.5 Å². The summed E-state index contributed by atoms with van der Waals surface area (Å²) in [5, 5.41) is 2.75. The Bertz CT molecular complexity index is 723. The normalized spacial score (nSPS) is 11.4. The van der Waals surface area contributed by atoms with Crippen LogP contribution >= 0.6 is 0 Å². The van der Waals surface area contributed by atoms with E-state index in [2.05, 4.69) is 5.32 Å². The van der Waals surface area contributed by atoms with Gasteiger partial charge in [0.25, 0.3) is 0 Å². The van der Waals surface area contributed by atoms with Crippen molar-refractivity contribution in [3.8, 4) is 5.75 Å². The van der Waals surface area contributed by atoms with Crippen molar-refractivity contribution in [2.45, 2.75) is 26.3 Å². The van der Waals surface area contributed by atoms with E-state index in [0.717, 1.165) is 5.56 Å². The van der Waals surface area contributed by atoms with Crippen LogP contribution in [0.3, 0.4) is 0 Å². The highest BCUT2D eigenvalue weighted by molar-refractivity contribution is 5.94. The summed E-state index contributed by atoms with van der Waals surface area (Å²) in [4.78, 5) is 34.8. The van der Waals surface area contributed by atoms with Crippen LogP contribution in [0.2, 0.25) is 0 Å². The zero-order chi connectivity index (χ0) is 17.5. The maximum absolute atomic E-state index is 12.2. The molecule has 0 unspecified atom stereocenters. The molecule has 124 valence electrons. The van der Waals surface area contributed by atoms with Gasteiger partial charge in [-0.3, -0.25) is 14.4 Å². The van der Waals surface area contributed by atoms with Gasteiger partial charge in [0, 0.05) is 12.5 Å². The summed E-state index contributed by atoms with van der Waals surface area (Å²) in [6.45, 7) is 2.88. The van der Waals surface area contributed by atoms with Crippen molar-refractivity contribution in [3.05, 3.63) is 65.7 Å². The molecule has 0 heterocycles. The summed E-state index contributed by atoms with van der Waals surface area (Å²) in [6, 6.07) is 15.1. The molecule has 5 nitrogen and oxygen atoms in total. The van der Waals surface area contributed by atoms with Gasteiger partial charge >= 0.3 is 5.97 Å². The summed E-state index contributed by atoms with van der Waals surface area (Å²) in [5.41, 5.74) is 1.38. The molecule has 0 aliphatic heterocycles. The van der Waals surface area contributed by atoms with Crippen LogP contribution in [0.4, 0.5) is 0 Å². The minimum absolute atomic E-state index is 0.0120. The van der Waals surface area contributed by atoms with E-state index in [0.29, 0.717) is 11.3 Å². The first-order valence-electron chi connectivity index (χ1n) is 7.59. The van der Waals surface area contributed by atoms with E-state index in [4.69, 9.17) is 4.74 Å². The number of hydrogen-bond donors (Lipinski definition) is 1. The third-order valence-electron chi connectivity index (χ3n) is 3.44. The number of nitrogens with one attached hydrogen (secondary N) is 1. The Morgan fingerprint density at radius 1 is 0.958 bits per heavy atom. The van der Waals surface area contributed by atoms with Gasteiger partial charge in [-0.15, -0.1) is 0 Å². The van der Waals surface area contributed by atoms with Crippen LogP contribution in [-0.4, -0.2) is 17.7 Å². The number of ketones is 1. The largest absolute Gasteiger partial charge is 0.426 e. The number of carbonyl (C=O) groups excluding carboxylic acids is 3. The van der Waals surface area contributed by atoms with Crippen molar-refractivity contribution < 1.29 is 19.1 Å². The molecule has 24 heavy (non-hydrogen) atoms. The van der Waals surface area contributed by atoms with Crippen LogP contribution in [0.15, 0.2) is 54.6 Å². The second kappa shape index (κ2) is 8.06. The van der Waals surface area contributed by atoms with Gasteiger partial charge in [-0.25, -0.2) is 0 Å². The lowest BCUT2D eigenvalue weighted by molar-refractivity contribution is -0.135. The highest BCUT2D eigenvalue weighted by Gasteiger charge is 2.18. The lowest BCUT2D eigenvalue weighted by Gasteiger charge is -2.17. The molecule has 2 aromatic rings. The first-order valence-corrected chi connectivity index (χ1v) is 7.59. The van der Waals surface area contributed by atoms with Gasteiger partial charge < -0.3 is 10.1 Å². The third kappa shape index (κ3) is 5.05. The molecule has 2 aromatic carbocycles. The molecule has 0 saturated heterocycles. The van der Waals surface area contributed by atoms with E-state index in [1.54, 1.807) is 24.3 Å². The summed E-state index contributed by atoms with van der Waals surface area (Å²) < 4.78 is 5.28. The average Bonchev–Trinajstić information content (AvgIpc) is 2.55. The molecule has 0 aliphatic carbocycles. The Labute approximate surface area is 140 Å². The van der Waals surface area contributed by atoms with Crippen LogP contribution in [0.25, 0.3) is 0 Å². The molecule has 0 aromatic heterocycles. The van der Waals surface area contributed by atoms with E-state index in [1.165, 1.54) is 13.8 Å². The first kappa shape index (κ1) is 17.4. The fourth-order valence-electron chi connectivity index (χ4n) is 2.28. The molecule has 0 bridgehead atoms. The molecular weight excluding hydrogens is 306 g/mol. The van der Waals surface area contributed by atoms with E-state index >= 15 is 0 Å². The van der Waals surface area contributed by atoms with E-state index in [9.17, 15) is 14.4 Å². The summed E-state index contributed by atoms with van der Waals surface area (Å²) in [6.07, 6.45) is 0.0120. The third-order valence-corrected chi connectivity index (χ3v) is 3.44. The van der Waals surface area contributed by atoms with Crippen molar-refractivity contribution in [1.29, 1.82) is 0 Å². The SMILES string of the molecule is CC(=O)N[C@H](CC(=O)Oc1ccc(C(C)=O)cc1)c1ccccc1. The quantitative estimate of drug-likeness (QED) is 0.503. The van der Waals surface area contributed by atoms with Gasteiger partial charge in [0.1, 0.15) is 5.75 Å². The molecule has 0 radical (unpaired) electrons. The Kier molecular flexibility index (Phi) is 5.84. The van der Waals surface area contributed by atoms with Crippen molar-refractivity contribution in [2.24, 2.45) is 0 Å². The van der Waals surface area contributed by atoms with Gasteiger partial charge in [-0.2, -0.15) is 0 Å². The molecule has 1 N–H and O–H groups in total. The number of Topliss-reactive ketones (excluding diaryl/α,β-unsaturated/α-hetero) is 1. The lowest BCUT2D eigenvalue weighted by Crippen LogP contribution is -2.29. The fourth-order valence-corrected chi connectivity index (χ4v) is 2.28. The van der Waals surface area contributed by atoms with Crippen LogP contribution in [0.5, 0.6) is 5.75 Å². The van der Waals surface area contributed by atoms with Crippen molar-refractivity contribution in [3.63, 3.8) is 0 Å². The Morgan fingerprint density at radius 3 is 2.12 bits per heavy atom. The Balaban J connectivity index is 2.04. The standard InChI is InChI=1S/C19H19NO4/c1-13(21)15-8-10-17(11-9-15)24-19(23)12-18(20-14(2)22)16-6-4-3-5-7-16/h3-11,18H,12H2,1-2H3,(H,20,22)/t18-/m1/s1. The van der Waals surface area contributed by atoms with Crippen LogP contribution in [0.1, 0.15) is 42.2 Å². The molecule has 0 saturated carbocycles. The number of esters is 1. The Morgan fingerprint density at radius 2 is 1.58 bits per heavy atom. The maximum Gasteiger partial charge on any atom is 0.313 e. The van der Waals surface area contributed by atoms with Crippen molar-refractivity contribution in [1.82, 2.24) is 5.32 Å². The molecule has 0 fully saturated rings. The van der Waals surface area contributed by atoms with Gasteiger partial charge in [-0.1, -0.05) is 30.3 Å². The maximum atomic E-state index is 12.2. The predicted octanol–water partition coefficient (Wildman–Crippen LogP) is 3.06. The lowest BCUT2D eigenvalue weighted by atomic mass is 10.0. The highest BCUT2D eigenvalue weighted by atomic mass is 16.5. The summed E-state index contributed by atoms with van der Waals surface area (Å²) in [7, 11) is 0. The van der Waals surface area contributed by atoms with Crippen molar-refractivity contribution >= 4 is 17.7 Å². The smallest absolute Gasteiger partial charge is 0.313 e. The van der Waals surface area contributed by atoms with Gasteiger partial charge in [0.2, 0.25) is 5.91 Å². The molecule has 5 heteroatoms. The first-order chi connectivity index (χ1) is 11.5. The van der Waals surface area contributed by atoms with Crippen molar-refractivity contribution in [2.75, 3.05) is 0 Å². The number of carbonyl (C=O) groups is 3. The average molecular weight is 325 g/mol. The fraction of sp³-hybridized carbons (Fsp3) is 0.211. The molecule has 0 aliphatic rings. The molecule has 2 rings (SSSR count). The number of rotatable bonds is 6. The zero-order valence-electron chi connectivity index (χ0n) is 13.6. The topological polar surface area (TPSA) is 72.5 Å². The summed E-state index contributed by atoms with van der Waals surface area (Å²) in [5.74, 6) is -0.377. The number of hydrogen-bond acceptors (Lipinski definition) is 4. The van der Waals surface area contributed by atoms with Gasteiger partial charge in [-0.05, 0) is 36.8 Å². The monoisotopic (exact) mass is 325 g/mol. The molecule has 1 atom stereocenters. The van der Waals surface area contributed by atoms with Crippen LogP contribution < -0.4 is 10.1 Å². The van der Waals surface area contributed by atoms with E-state index in [-0.39, 0.29) is 18.1 Å². The number of ether oxygens (including phenoxy) is 1. The highest BCUT2D eigenvalue weighted by Crippen LogP contribution is 2.19. The number of benzene rings is 2. The Hall–Kier alpha value is -2.95. The second-order valence-corrected chi connectivity index (χ2v) is 5.42. The predicted molar refractivity (Wildman–Crippen MR) is 89.7 cm³/mol. The zero-order valence-corrected chi connectivity index (χ0v) is 13.6. The van der Waals surface area contributed by atoms with E-state index < -0.39 is 12.0 Å². The molecule has 1 amide bonds. The molecular formula is C19H19NO4. The summed E-state index contributed by atoms with van der Waals surface area (Å²) >= 11 is 0. The number of amides is 1. The van der Waals surface area contributed by atoms with Crippen LogP contribution in [-0.2, 0) is 9.59 Å². The van der Waals surface area contributed by atoms with Gasteiger partial charge in [0.15, 0.2) is 5.78 Å².